The average Bonchev–Trinajstić information content (AvgIpc) is 2.15. The molecule has 1 rings (SSSR count). The Kier molecular flexibility index (Phi) is 2.90. The van der Waals surface area contributed by atoms with Crippen LogP contribution in [0.25, 0.3) is 0 Å². The Bertz CT molecular complexity index is 307. The van der Waals surface area contributed by atoms with Crippen LogP contribution in [0.5, 0.6) is 5.75 Å². The summed E-state index contributed by atoms with van der Waals surface area (Å²) in [5, 5.41) is 9.16. The number of methoxy groups -OCH3 is 1. The number of carbonyl (C=O) groups is 1. The minimum Gasteiger partial charge on any atom is -0.508 e. The molecule has 0 aromatic heterocycles. The van der Waals surface area contributed by atoms with E-state index < -0.39 is 0 Å². The summed E-state index contributed by atoms with van der Waals surface area (Å²) in [4.78, 5) is 11.1. The molecular weight excluding hydrogens is 168 g/mol. The smallest absolute Gasteiger partial charge is 0.312 e. The van der Waals surface area contributed by atoms with E-state index in [4.69, 9.17) is 5.11 Å². The number of esters is 1. The van der Waals surface area contributed by atoms with Crippen LogP contribution in [0.4, 0.5) is 0 Å². The molecule has 0 aliphatic heterocycles. The Balaban J connectivity index is 2.88. The lowest BCUT2D eigenvalue weighted by Gasteiger charge is -2.08. The molecule has 0 aliphatic rings. The van der Waals surface area contributed by atoms with Gasteiger partial charge in [-0.05, 0) is 24.6 Å². The van der Waals surface area contributed by atoms with E-state index in [9.17, 15) is 4.79 Å². The van der Waals surface area contributed by atoms with Crippen LogP contribution in [0.1, 0.15) is 18.4 Å². The monoisotopic (exact) mass is 180 g/mol. The van der Waals surface area contributed by atoms with Gasteiger partial charge in [-0.3, -0.25) is 4.79 Å². The predicted octanol–water partition coefficient (Wildman–Crippen LogP) is 1.67. The topological polar surface area (TPSA) is 46.5 Å². The van der Waals surface area contributed by atoms with E-state index >= 15 is 0 Å². The zero-order chi connectivity index (χ0) is 9.84. The van der Waals surface area contributed by atoms with Crippen LogP contribution in [0.15, 0.2) is 24.3 Å². The Morgan fingerprint density at radius 1 is 1.54 bits per heavy atom. The van der Waals surface area contributed by atoms with Crippen molar-refractivity contribution < 1.29 is 14.6 Å². The molecule has 70 valence electrons. The Hall–Kier alpha value is -1.51. The number of carbonyl (C=O) groups excluding carboxylic acids is 1. The second-order valence-electron chi connectivity index (χ2n) is 2.84. The van der Waals surface area contributed by atoms with Gasteiger partial charge >= 0.3 is 5.97 Å². The summed E-state index contributed by atoms with van der Waals surface area (Å²) in [6.07, 6.45) is 0. The summed E-state index contributed by atoms with van der Waals surface area (Å²) >= 11 is 0. The SMILES string of the molecule is COC(=O)C(C)c1cccc(O)c1. The third-order valence-electron chi connectivity index (χ3n) is 1.92. The number of hydrogen-bond acceptors (Lipinski definition) is 3. The van der Waals surface area contributed by atoms with Crippen LogP contribution in [0.2, 0.25) is 0 Å². The number of rotatable bonds is 2. The quantitative estimate of drug-likeness (QED) is 0.704. The number of aromatic hydroxyl groups is 1. The van der Waals surface area contributed by atoms with Gasteiger partial charge in [-0.2, -0.15) is 0 Å². The molecule has 0 aliphatic carbocycles. The van der Waals surface area contributed by atoms with Gasteiger partial charge in [0.05, 0.1) is 13.0 Å². The van der Waals surface area contributed by atoms with Gasteiger partial charge in [0.15, 0.2) is 0 Å². The summed E-state index contributed by atoms with van der Waals surface area (Å²) in [5.74, 6) is -0.476. The molecule has 1 unspecified atom stereocenters. The van der Waals surface area contributed by atoms with Crippen molar-refractivity contribution in [2.75, 3.05) is 7.11 Å². The first-order valence-electron chi connectivity index (χ1n) is 4.02. The lowest BCUT2D eigenvalue weighted by Crippen LogP contribution is -2.10. The van der Waals surface area contributed by atoms with Crippen molar-refractivity contribution in [3.63, 3.8) is 0 Å². The highest BCUT2D eigenvalue weighted by molar-refractivity contribution is 5.77. The van der Waals surface area contributed by atoms with E-state index in [1.165, 1.54) is 7.11 Å². The first kappa shape index (κ1) is 9.58. The van der Waals surface area contributed by atoms with Crippen LogP contribution >= 0.6 is 0 Å². The molecule has 1 aromatic carbocycles. The second kappa shape index (κ2) is 3.94. The van der Waals surface area contributed by atoms with Crippen molar-refractivity contribution in [2.24, 2.45) is 0 Å². The van der Waals surface area contributed by atoms with Gasteiger partial charge < -0.3 is 9.84 Å². The second-order valence-corrected chi connectivity index (χ2v) is 2.84. The number of ether oxygens (including phenoxy) is 1. The van der Waals surface area contributed by atoms with Gasteiger partial charge in [-0.15, -0.1) is 0 Å². The molecule has 13 heavy (non-hydrogen) atoms. The fraction of sp³-hybridized carbons (Fsp3) is 0.300. The molecule has 0 fully saturated rings. The molecule has 1 atom stereocenters. The molecule has 0 spiro atoms. The maximum atomic E-state index is 11.1. The Morgan fingerprint density at radius 2 is 2.23 bits per heavy atom. The van der Waals surface area contributed by atoms with Gasteiger partial charge in [0, 0.05) is 0 Å². The Morgan fingerprint density at radius 3 is 2.77 bits per heavy atom. The van der Waals surface area contributed by atoms with Crippen molar-refractivity contribution in [3.8, 4) is 5.75 Å². The minimum absolute atomic E-state index is 0.160. The van der Waals surface area contributed by atoms with E-state index in [-0.39, 0.29) is 17.6 Å². The largest absolute Gasteiger partial charge is 0.508 e. The molecule has 0 saturated heterocycles. The van der Waals surface area contributed by atoms with Gasteiger partial charge in [-0.1, -0.05) is 12.1 Å². The average molecular weight is 180 g/mol. The summed E-state index contributed by atoms with van der Waals surface area (Å²) in [6.45, 7) is 1.74. The molecule has 0 radical (unpaired) electrons. The van der Waals surface area contributed by atoms with Crippen molar-refractivity contribution in [1.82, 2.24) is 0 Å². The maximum absolute atomic E-state index is 11.1. The molecular formula is C10H12O3. The van der Waals surface area contributed by atoms with Crippen LogP contribution in [-0.2, 0) is 9.53 Å². The van der Waals surface area contributed by atoms with Crippen molar-refractivity contribution in [3.05, 3.63) is 29.8 Å². The van der Waals surface area contributed by atoms with E-state index in [2.05, 4.69) is 4.74 Å². The van der Waals surface area contributed by atoms with Gasteiger partial charge in [0.2, 0.25) is 0 Å². The van der Waals surface area contributed by atoms with Gasteiger partial charge in [0.25, 0.3) is 0 Å². The summed E-state index contributed by atoms with van der Waals surface area (Å²) < 4.78 is 4.59. The van der Waals surface area contributed by atoms with Crippen LogP contribution < -0.4 is 0 Å². The fourth-order valence-electron chi connectivity index (χ4n) is 1.11. The normalized spacial score (nSPS) is 12.2. The molecule has 0 bridgehead atoms. The number of benzene rings is 1. The highest BCUT2D eigenvalue weighted by Crippen LogP contribution is 2.20. The molecule has 1 N–H and O–H groups in total. The van der Waals surface area contributed by atoms with Crippen LogP contribution in [-0.4, -0.2) is 18.2 Å². The third-order valence-corrected chi connectivity index (χ3v) is 1.92. The van der Waals surface area contributed by atoms with E-state index in [1.54, 1.807) is 31.2 Å². The number of hydrogen-bond donors (Lipinski definition) is 1. The summed E-state index contributed by atoms with van der Waals surface area (Å²) in [7, 11) is 1.35. The van der Waals surface area contributed by atoms with Gasteiger partial charge in [0.1, 0.15) is 5.75 Å². The number of phenolic OH excluding ortho intramolecular Hbond substituents is 1. The third kappa shape index (κ3) is 2.21. The van der Waals surface area contributed by atoms with Crippen molar-refractivity contribution in [2.45, 2.75) is 12.8 Å². The van der Waals surface area contributed by atoms with Gasteiger partial charge in [-0.25, -0.2) is 0 Å². The Labute approximate surface area is 77.0 Å². The zero-order valence-corrected chi connectivity index (χ0v) is 7.65. The van der Waals surface area contributed by atoms with Crippen molar-refractivity contribution in [1.29, 1.82) is 0 Å². The fourth-order valence-corrected chi connectivity index (χ4v) is 1.11. The van der Waals surface area contributed by atoms with E-state index in [1.807, 2.05) is 0 Å². The predicted molar refractivity (Wildman–Crippen MR) is 48.5 cm³/mol. The first-order chi connectivity index (χ1) is 6.15. The zero-order valence-electron chi connectivity index (χ0n) is 7.65. The van der Waals surface area contributed by atoms with Crippen molar-refractivity contribution >= 4 is 5.97 Å². The lowest BCUT2D eigenvalue weighted by atomic mass is 10.0. The number of phenols is 1. The maximum Gasteiger partial charge on any atom is 0.312 e. The lowest BCUT2D eigenvalue weighted by molar-refractivity contribution is -0.141. The van der Waals surface area contributed by atoms with Crippen LogP contribution in [0.3, 0.4) is 0 Å². The van der Waals surface area contributed by atoms with Crippen LogP contribution in [0, 0.1) is 0 Å². The summed E-state index contributed by atoms with van der Waals surface area (Å²) in [6, 6.07) is 6.60. The molecule has 0 amide bonds. The highest BCUT2D eigenvalue weighted by atomic mass is 16.5. The molecule has 3 heteroatoms. The molecule has 0 heterocycles. The summed E-state index contributed by atoms with van der Waals surface area (Å²) in [5.41, 5.74) is 0.756. The van der Waals surface area contributed by atoms with E-state index in [0.29, 0.717) is 0 Å². The first-order valence-corrected chi connectivity index (χ1v) is 4.02. The highest BCUT2D eigenvalue weighted by Gasteiger charge is 2.15. The molecule has 0 saturated carbocycles. The van der Waals surface area contributed by atoms with E-state index in [0.717, 1.165) is 5.56 Å². The molecule has 3 nitrogen and oxygen atoms in total. The molecule has 1 aromatic rings. The minimum atomic E-state index is -0.336. The standard InChI is InChI=1S/C10H12O3/c1-7(10(12)13-2)8-4-3-5-9(11)6-8/h3-7,11H,1-2H3.